The van der Waals surface area contributed by atoms with Crippen molar-refractivity contribution in [1.29, 1.82) is 0 Å². The average molecular weight is 155 g/mol. The second-order valence-corrected chi connectivity index (χ2v) is 2.44. The second-order valence-electron chi connectivity index (χ2n) is 2.44. The fourth-order valence-electron chi connectivity index (χ4n) is 0.907. The Labute approximate surface area is 68.7 Å². The van der Waals surface area contributed by atoms with Crippen molar-refractivity contribution in [2.75, 3.05) is 7.05 Å². The van der Waals surface area contributed by atoms with Crippen LogP contribution in [-0.2, 0) is 4.79 Å². The molecule has 0 aromatic heterocycles. The van der Waals surface area contributed by atoms with E-state index in [1.54, 1.807) is 13.1 Å². The summed E-state index contributed by atoms with van der Waals surface area (Å²) >= 11 is 0. The number of carbonyl (C=O) groups is 1. The minimum Gasteiger partial charge on any atom is -0.358 e. The predicted molar refractivity (Wildman–Crippen MR) is 47.3 cm³/mol. The smallest absolute Gasteiger partial charge is 0.229 e. The van der Waals surface area contributed by atoms with Gasteiger partial charge in [0.1, 0.15) is 0 Å². The third kappa shape index (κ3) is 2.07. The Bertz CT molecular complexity index is 148. The second kappa shape index (κ2) is 4.16. The molecule has 0 saturated heterocycles. The Morgan fingerprint density at radius 2 is 2.00 bits per heavy atom. The van der Waals surface area contributed by atoms with Gasteiger partial charge in [-0.3, -0.25) is 4.79 Å². The monoisotopic (exact) mass is 155 g/mol. The van der Waals surface area contributed by atoms with Crippen LogP contribution in [0.3, 0.4) is 0 Å². The number of hydrogen-bond acceptors (Lipinski definition) is 1. The van der Waals surface area contributed by atoms with Gasteiger partial charge in [0.25, 0.3) is 0 Å². The predicted octanol–water partition coefficient (Wildman–Crippen LogP) is 1.72. The van der Waals surface area contributed by atoms with Gasteiger partial charge in [-0.25, -0.2) is 0 Å². The van der Waals surface area contributed by atoms with E-state index in [9.17, 15) is 4.79 Å². The van der Waals surface area contributed by atoms with Gasteiger partial charge in [-0.15, -0.1) is 6.58 Å². The first-order valence-corrected chi connectivity index (χ1v) is 4.11. The molecule has 0 heterocycles. The molecular formula is C9H17NO. The van der Waals surface area contributed by atoms with E-state index in [0.29, 0.717) is 0 Å². The first-order valence-electron chi connectivity index (χ1n) is 4.11. The van der Waals surface area contributed by atoms with Crippen molar-refractivity contribution >= 4 is 5.91 Å². The SMILES string of the molecule is C=CC1(C(=O)NC)CC1.CC. The maximum absolute atomic E-state index is 10.9. The van der Waals surface area contributed by atoms with Gasteiger partial charge in [-0.05, 0) is 12.8 Å². The average Bonchev–Trinajstić information content (AvgIpc) is 2.87. The van der Waals surface area contributed by atoms with Gasteiger partial charge >= 0.3 is 0 Å². The first-order chi connectivity index (χ1) is 5.25. The zero-order chi connectivity index (χ0) is 8.91. The quantitative estimate of drug-likeness (QED) is 0.604. The highest BCUT2D eigenvalue weighted by Gasteiger charge is 2.46. The van der Waals surface area contributed by atoms with Gasteiger partial charge in [0.05, 0.1) is 5.41 Å². The number of hydrogen-bond donors (Lipinski definition) is 1. The normalized spacial score (nSPS) is 17.4. The van der Waals surface area contributed by atoms with Crippen molar-refractivity contribution < 1.29 is 4.79 Å². The fourth-order valence-corrected chi connectivity index (χ4v) is 0.907. The standard InChI is InChI=1S/C7H11NO.C2H6/c1-3-7(4-5-7)6(9)8-2;1-2/h3H,1,4-5H2,2H3,(H,8,9);1-2H3. The third-order valence-corrected chi connectivity index (χ3v) is 1.86. The van der Waals surface area contributed by atoms with E-state index in [-0.39, 0.29) is 11.3 Å². The van der Waals surface area contributed by atoms with E-state index in [1.807, 2.05) is 13.8 Å². The summed E-state index contributed by atoms with van der Waals surface area (Å²) in [4.78, 5) is 10.9. The van der Waals surface area contributed by atoms with Crippen LogP contribution in [0.25, 0.3) is 0 Å². The van der Waals surface area contributed by atoms with Crippen LogP contribution in [0, 0.1) is 5.41 Å². The molecule has 1 saturated carbocycles. The highest BCUT2D eigenvalue weighted by molar-refractivity contribution is 5.86. The number of amides is 1. The molecule has 1 fully saturated rings. The first kappa shape index (κ1) is 10.2. The Morgan fingerprint density at radius 1 is 1.55 bits per heavy atom. The lowest BCUT2D eigenvalue weighted by molar-refractivity contribution is -0.124. The van der Waals surface area contributed by atoms with Crippen LogP contribution in [0.1, 0.15) is 26.7 Å². The van der Waals surface area contributed by atoms with Crippen LogP contribution < -0.4 is 5.32 Å². The lowest BCUT2D eigenvalue weighted by Crippen LogP contribution is -2.26. The minimum atomic E-state index is -0.186. The van der Waals surface area contributed by atoms with Crippen molar-refractivity contribution in [2.45, 2.75) is 26.7 Å². The molecule has 11 heavy (non-hydrogen) atoms. The molecule has 0 bridgehead atoms. The lowest BCUT2D eigenvalue weighted by atomic mass is 10.1. The molecule has 0 unspecified atom stereocenters. The molecule has 1 N–H and O–H groups in total. The number of rotatable bonds is 2. The molecule has 0 atom stereocenters. The summed E-state index contributed by atoms with van der Waals surface area (Å²) in [5, 5.41) is 2.61. The molecule has 0 aromatic carbocycles. The van der Waals surface area contributed by atoms with Crippen LogP contribution in [0.4, 0.5) is 0 Å². The molecule has 1 aliphatic carbocycles. The van der Waals surface area contributed by atoms with E-state index in [4.69, 9.17) is 0 Å². The molecule has 0 radical (unpaired) electrons. The topological polar surface area (TPSA) is 29.1 Å². The van der Waals surface area contributed by atoms with Crippen LogP contribution >= 0.6 is 0 Å². The Balaban J connectivity index is 0.000000461. The van der Waals surface area contributed by atoms with Crippen LogP contribution in [0.2, 0.25) is 0 Å². The molecule has 0 aromatic rings. The van der Waals surface area contributed by atoms with Gasteiger partial charge in [0, 0.05) is 7.05 Å². The fraction of sp³-hybridized carbons (Fsp3) is 0.667. The molecule has 1 amide bonds. The third-order valence-electron chi connectivity index (χ3n) is 1.86. The van der Waals surface area contributed by atoms with Gasteiger partial charge in [0.2, 0.25) is 5.91 Å². The van der Waals surface area contributed by atoms with E-state index in [1.165, 1.54) is 0 Å². The molecular weight excluding hydrogens is 138 g/mol. The van der Waals surface area contributed by atoms with Crippen molar-refractivity contribution in [3.05, 3.63) is 12.7 Å². The maximum atomic E-state index is 10.9. The van der Waals surface area contributed by atoms with Crippen LogP contribution in [-0.4, -0.2) is 13.0 Å². The van der Waals surface area contributed by atoms with Crippen molar-refractivity contribution in [1.82, 2.24) is 5.32 Å². The zero-order valence-corrected chi connectivity index (χ0v) is 7.61. The zero-order valence-electron chi connectivity index (χ0n) is 7.61. The van der Waals surface area contributed by atoms with Crippen molar-refractivity contribution in [2.24, 2.45) is 5.41 Å². The molecule has 2 nitrogen and oxygen atoms in total. The van der Waals surface area contributed by atoms with Gasteiger partial charge in [0.15, 0.2) is 0 Å². The molecule has 1 rings (SSSR count). The summed E-state index contributed by atoms with van der Waals surface area (Å²) in [7, 11) is 1.66. The van der Waals surface area contributed by atoms with Crippen molar-refractivity contribution in [3.8, 4) is 0 Å². The molecule has 2 heteroatoms. The number of carbonyl (C=O) groups excluding carboxylic acids is 1. The molecule has 0 spiro atoms. The van der Waals surface area contributed by atoms with Crippen molar-refractivity contribution in [3.63, 3.8) is 0 Å². The van der Waals surface area contributed by atoms with Crippen LogP contribution in [0.5, 0.6) is 0 Å². The van der Waals surface area contributed by atoms with E-state index < -0.39 is 0 Å². The van der Waals surface area contributed by atoms with Gasteiger partial charge in [-0.2, -0.15) is 0 Å². The highest BCUT2D eigenvalue weighted by atomic mass is 16.2. The largest absolute Gasteiger partial charge is 0.358 e. The summed E-state index contributed by atoms with van der Waals surface area (Å²) in [6.07, 6.45) is 3.68. The van der Waals surface area contributed by atoms with Gasteiger partial charge < -0.3 is 5.32 Å². The van der Waals surface area contributed by atoms with Gasteiger partial charge in [-0.1, -0.05) is 19.9 Å². The van der Waals surface area contributed by atoms with Crippen LogP contribution in [0.15, 0.2) is 12.7 Å². The summed E-state index contributed by atoms with van der Waals surface area (Å²) < 4.78 is 0. The van der Waals surface area contributed by atoms with E-state index in [2.05, 4.69) is 11.9 Å². The highest BCUT2D eigenvalue weighted by Crippen LogP contribution is 2.46. The lowest BCUT2D eigenvalue weighted by Gasteiger charge is -2.04. The molecule has 1 aliphatic rings. The minimum absolute atomic E-state index is 0.109. The summed E-state index contributed by atoms with van der Waals surface area (Å²) in [6.45, 7) is 7.60. The summed E-state index contributed by atoms with van der Waals surface area (Å²) in [6, 6.07) is 0. The molecule has 64 valence electrons. The summed E-state index contributed by atoms with van der Waals surface area (Å²) in [5.74, 6) is 0.109. The number of nitrogens with one attached hydrogen (secondary N) is 1. The Kier molecular flexibility index (Phi) is 3.86. The Morgan fingerprint density at radius 3 is 2.09 bits per heavy atom. The maximum Gasteiger partial charge on any atom is 0.229 e. The Hall–Kier alpha value is -0.790. The molecule has 0 aliphatic heterocycles. The summed E-state index contributed by atoms with van der Waals surface area (Å²) in [5.41, 5.74) is -0.186. The van der Waals surface area contributed by atoms with E-state index in [0.717, 1.165) is 12.8 Å². The van der Waals surface area contributed by atoms with E-state index >= 15 is 0 Å².